The van der Waals surface area contributed by atoms with E-state index >= 15 is 0 Å². The topological polar surface area (TPSA) is 43.4 Å². The SMILES string of the molecule is CCCCC[N+]1(OS(=O)(=O)C(F)(F)F)CCCCC1. The molecule has 0 spiro atoms. The van der Waals surface area contributed by atoms with Gasteiger partial charge in [-0.15, -0.1) is 0 Å². The van der Waals surface area contributed by atoms with E-state index in [-0.39, 0.29) is 0 Å². The van der Waals surface area contributed by atoms with Crippen LogP contribution < -0.4 is 0 Å². The summed E-state index contributed by atoms with van der Waals surface area (Å²) in [4.78, 5) is 0. The van der Waals surface area contributed by atoms with Gasteiger partial charge >= 0.3 is 15.6 Å². The Morgan fingerprint density at radius 1 is 1.11 bits per heavy atom. The molecule has 0 atom stereocenters. The van der Waals surface area contributed by atoms with E-state index in [0.29, 0.717) is 38.9 Å². The van der Waals surface area contributed by atoms with Gasteiger partial charge in [-0.3, -0.25) is 0 Å². The maximum atomic E-state index is 12.4. The third-order valence-corrected chi connectivity index (χ3v) is 4.42. The van der Waals surface area contributed by atoms with Crippen molar-refractivity contribution in [3.63, 3.8) is 0 Å². The molecule has 0 aromatic rings. The van der Waals surface area contributed by atoms with Crippen LogP contribution in [0.25, 0.3) is 0 Å². The van der Waals surface area contributed by atoms with Crippen molar-refractivity contribution in [2.24, 2.45) is 0 Å². The van der Waals surface area contributed by atoms with Gasteiger partial charge in [0.2, 0.25) is 0 Å². The Hall–Kier alpha value is -0.340. The molecule has 0 bridgehead atoms. The highest BCUT2D eigenvalue weighted by molar-refractivity contribution is 7.87. The number of quaternary nitrogens is 1. The molecule has 1 fully saturated rings. The monoisotopic (exact) mass is 304 g/mol. The molecule has 8 heteroatoms. The Morgan fingerprint density at radius 2 is 1.68 bits per heavy atom. The number of hydrogen-bond donors (Lipinski definition) is 0. The zero-order valence-electron chi connectivity index (χ0n) is 11.1. The van der Waals surface area contributed by atoms with Crippen LogP contribution in [0.4, 0.5) is 13.2 Å². The Balaban J connectivity index is 2.80. The van der Waals surface area contributed by atoms with Gasteiger partial charge in [0.15, 0.2) is 0 Å². The predicted octanol–water partition coefficient (Wildman–Crippen LogP) is 2.96. The van der Waals surface area contributed by atoms with E-state index in [1.54, 1.807) is 0 Å². The highest BCUT2D eigenvalue weighted by atomic mass is 32.2. The lowest BCUT2D eigenvalue weighted by atomic mass is 10.1. The van der Waals surface area contributed by atoms with Crippen molar-refractivity contribution in [2.45, 2.75) is 51.0 Å². The van der Waals surface area contributed by atoms with Crippen LogP contribution in [0.3, 0.4) is 0 Å². The summed E-state index contributed by atoms with van der Waals surface area (Å²) in [5, 5.41) is 0. The molecule has 1 heterocycles. The summed E-state index contributed by atoms with van der Waals surface area (Å²) in [6, 6.07) is 0. The molecule has 0 aromatic carbocycles. The summed E-state index contributed by atoms with van der Waals surface area (Å²) in [5.41, 5.74) is -5.35. The fraction of sp³-hybridized carbons (Fsp3) is 1.00. The highest BCUT2D eigenvalue weighted by Crippen LogP contribution is 2.31. The number of unbranched alkanes of at least 4 members (excludes halogenated alkanes) is 2. The molecular formula is C11H21F3NO3S+. The molecule has 0 aromatic heterocycles. The van der Waals surface area contributed by atoms with Crippen LogP contribution in [0, 0.1) is 0 Å². The minimum absolute atomic E-state index is 0.323. The molecule has 1 rings (SSSR count). The van der Waals surface area contributed by atoms with Gasteiger partial charge in [-0.05, 0) is 32.1 Å². The van der Waals surface area contributed by atoms with Gasteiger partial charge in [0.25, 0.3) is 0 Å². The second-order valence-electron chi connectivity index (χ2n) is 4.97. The van der Waals surface area contributed by atoms with Crippen molar-refractivity contribution in [1.82, 2.24) is 0 Å². The lowest BCUT2D eigenvalue weighted by Crippen LogP contribution is -2.54. The summed E-state index contributed by atoms with van der Waals surface area (Å²) >= 11 is 0. The summed E-state index contributed by atoms with van der Waals surface area (Å²) in [6.45, 7) is 2.97. The van der Waals surface area contributed by atoms with Gasteiger partial charge < -0.3 is 0 Å². The fourth-order valence-corrected chi connectivity index (χ4v) is 3.05. The van der Waals surface area contributed by atoms with Gasteiger partial charge in [-0.1, -0.05) is 17.6 Å². The van der Waals surface area contributed by atoms with E-state index in [2.05, 4.69) is 4.28 Å². The first kappa shape index (κ1) is 16.7. The first-order chi connectivity index (χ1) is 8.72. The first-order valence-electron chi connectivity index (χ1n) is 6.61. The van der Waals surface area contributed by atoms with Crippen LogP contribution in [0.1, 0.15) is 45.4 Å². The molecule has 0 radical (unpaired) electrons. The van der Waals surface area contributed by atoms with E-state index in [1.807, 2.05) is 6.92 Å². The van der Waals surface area contributed by atoms with E-state index in [1.165, 1.54) is 0 Å². The smallest absolute Gasteiger partial charge is 0.185 e. The van der Waals surface area contributed by atoms with Crippen molar-refractivity contribution in [3.8, 4) is 0 Å². The second-order valence-corrected chi connectivity index (χ2v) is 6.49. The molecule has 0 amide bonds. The van der Waals surface area contributed by atoms with E-state index in [4.69, 9.17) is 0 Å². The molecule has 0 unspecified atom stereocenters. The molecular weight excluding hydrogens is 283 g/mol. The van der Waals surface area contributed by atoms with Crippen LogP contribution in [0.15, 0.2) is 0 Å². The van der Waals surface area contributed by atoms with Crippen LogP contribution in [0.2, 0.25) is 0 Å². The normalized spacial score (nSPS) is 20.4. The molecule has 1 aliphatic heterocycles. The molecule has 0 N–H and O–H groups in total. The first-order valence-corrected chi connectivity index (χ1v) is 8.02. The Labute approximate surface area is 112 Å². The third-order valence-electron chi connectivity index (χ3n) is 3.34. The Morgan fingerprint density at radius 3 is 2.16 bits per heavy atom. The Bertz CT molecular complexity index is 375. The number of halogens is 3. The summed E-state index contributed by atoms with van der Waals surface area (Å²) in [7, 11) is -5.52. The average molecular weight is 304 g/mol. The summed E-state index contributed by atoms with van der Waals surface area (Å²) < 4.78 is 63.8. The van der Waals surface area contributed by atoms with Crippen molar-refractivity contribution in [1.29, 1.82) is 0 Å². The van der Waals surface area contributed by atoms with Crippen LogP contribution in [-0.4, -0.2) is 38.2 Å². The van der Waals surface area contributed by atoms with E-state index < -0.39 is 20.3 Å². The van der Waals surface area contributed by atoms with E-state index in [9.17, 15) is 21.6 Å². The van der Waals surface area contributed by atoms with E-state index in [0.717, 1.165) is 19.3 Å². The van der Waals surface area contributed by atoms with Crippen molar-refractivity contribution >= 4 is 10.1 Å². The van der Waals surface area contributed by atoms with Crippen molar-refractivity contribution in [3.05, 3.63) is 0 Å². The van der Waals surface area contributed by atoms with Gasteiger partial charge in [0.05, 0.1) is 0 Å². The van der Waals surface area contributed by atoms with Gasteiger partial charge in [0, 0.05) is 0 Å². The minimum Gasteiger partial charge on any atom is -0.185 e. The highest BCUT2D eigenvalue weighted by Gasteiger charge is 2.53. The quantitative estimate of drug-likeness (QED) is 0.430. The van der Waals surface area contributed by atoms with Gasteiger partial charge in [-0.25, -0.2) is 0 Å². The largest absolute Gasteiger partial charge is 0.528 e. The molecule has 1 saturated heterocycles. The lowest BCUT2D eigenvalue weighted by Gasteiger charge is -2.37. The number of alkyl halides is 3. The average Bonchev–Trinajstić information content (AvgIpc) is 2.28. The number of piperidine rings is 1. The molecule has 1 aliphatic rings. The van der Waals surface area contributed by atoms with Crippen LogP contribution in [0.5, 0.6) is 0 Å². The molecule has 0 aliphatic carbocycles. The van der Waals surface area contributed by atoms with Crippen LogP contribution in [-0.2, 0) is 14.4 Å². The van der Waals surface area contributed by atoms with Gasteiger partial charge in [-0.2, -0.15) is 26.2 Å². The number of rotatable bonds is 6. The fourth-order valence-electron chi connectivity index (χ4n) is 2.32. The van der Waals surface area contributed by atoms with Crippen molar-refractivity contribution < 1.29 is 30.5 Å². The maximum Gasteiger partial charge on any atom is 0.528 e. The lowest BCUT2D eigenvalue weighted by molar-refractivity contribution is -1.08. The third kappa shape index (κ3) is 4.61. The maximum absolute atomic E-state index is 12.4. The Kier molecular flexibility index (Phi) is 5.64. The molecule has 114 valence electrons. The molecule has 19 heavy (non-hydrogen) atoms. The van der Waals surface area contributed by atoms with Gasteiger partial charge in [0.1, 0.15) is 19.6 Å². The summed E-state index contributed by atoms with van der Waals surface area (Å²) in [5.74, 6) is 0. The molecule has 4 nitrogen and oxygen atoms in total. The van der Waals surface area contributed by atoms with Crippen LogP contribution >= 0.6 is 0 Å². The standard InChI is InChI=1S/C11H21F3NO3S/c1-2-3-5-8-15(9-6-4-7-10-15)18-19(16,17)11(12,13)14/h2-10H2,1H3/q+1. The zero-order chi connectivity index (χ0) is 14.6. The zero-order valence-corrected chi connectivity index (χ0v) is 11.9. The molecule has 0 saturated carbocycles. The number of likely N-dealkylation sites (tertiary alicyclic amines) is 1. The van der Waals surface area contributed by atoms with Crippen molar-refractivity contribution in [2.75, 3.05) is 19.6 Å². The second kappa shape index (κ2) is 6.41. The minimum atomic E-state index is -5.52. The number of hydrogen-bond acceptors (Lipinski definition) is 3. The summed E-state index contributed by atoms with van der Waals surface area (Å²) in [6.07, 6.45) is 4.74. The number of nitrogens with zero attached hydrogens (tertiary/aromatic N) is 1. The predicted molar refractivity (Wildman–Crippen MR) is 64.3 cm³/mol. The number of hydroxylamine groups is 3.